The number of hydrogen-bond donors (Lipinski definition) is 0. The third kappa shape index (κ3) is 3.04. The number of anilines is 1. The van der Waals surface area contributed by atoms with Crippen LogP contribution in [-0.4, -0.2) is 62.3 Å². The number of hydrogen-bond acceptors (Lipinski definition) is 5. The molecule has 7 heteroatoms. The van der Waals surface area contributed by atoms with Crippen LogP contribution in [0.5, 0.6) is 11.5 Å². The highest BCUT2D eigenvalue weighted by Gasteiger charge is 2.39. The fourth-order valence-corrected chi connectivity index (χ4v) is 3.61. The van der Waals surface area contributed by atoms with Crippen LogP contribution in [0.4, 0.5) is 5.69 Å². The Morgan fingerprint density at radius 2 is 1.96 bits per heavy atom. The van der Waals surface area contributed by atoms with Gasteiger partial charge in [0.2, 0.25) is 11.8 Å². The van der Waals surface area contributed by atoms with E-state index in [4.69, 9.17) is 14.2 Å². The number of rotatable bonds is 2. The molecule has 134 valence electrons. The summed E-state index contributed by atoms with van der Waals surface area (Å²) in [6.07, 6.45) is 0.247. The Kier molecular flexibility index (Phi) is 4.25. The lowest BCUT2D eigenvalue weighted by molar-refractivity contribution is -0.143. The van der Waals surface area contributed by atoms with E-state index in [0.29, 0.717) is 51.0 Å². The van der Waals surface area contributed by atoms with Crippen LogP contribution in [-0.2, 0) is 14.3 Å². The summed E-state index contributed by atoms with van der Waals surface area (Å²) in [4.78, 5) is 28.8. The molecule has 0 spiro atoms. The molecule has 1 aromatic carbocycles. The highest BCUT2D eigenvalue weighted by atomic mass is 16.6. The summed E-state index contributed by atoms with van der Waals surface area (Å²) in [5.74, 6) is 1.05. The molecule has 0 saturated carbocycles. The van der Waals surface area contributed by atoms with Gasteiger partial charge in [-0.1, -0.05) is 0 Å². The molecule has 3 aliphatic rings. The van der Waals surface area contributed by atoms with E-state index in [9.17, 15) is 9.59 Å². The molecular formula is C18H22N2O5. The van der Waals surface area contributed by atoms with Gasteiger partial charge in [-0.2, -0.15) is 0 Å². The molecule has 2 amide bonds. The average Bonchev–Trinajstić information content (AvgIpc) is 3.03. The third-order valence-electron chi connectivity index (χ3n) is 4.96. The molecule has 0 radical (unpaired) electrons. The van der Waals surface area contributed by atoms with Gasteiger partial charge in [-0.25, -0.2) is 0 Å². The minimum Gasteiger partial charge on any atom is -0.486 e. The van der Waals surface area contributed by atoms with E-state index < -0.39 is 0 Å². The molecule has 4 rings (SSSR count). The van der Waals surface area contributed by atoms with Gasteiger partial charge in [-0.3, -0.25) is 9.59 Å². The zero-order valence-corrected chi connectivity index (χ0v) is 14.3. The highest BCUT2D eigenvalue weighted by molar-refractivity contribution is 6.00. The van der Waals surface area contributed by atoms with Crippen LogP contribution in [0.2, 0.25) is 0 Å². The Morgan fingerprint density at radius 3 is 2.76 bits per heavy atom. The molecule has 0 unspecified atom stereocenters. The second-order valence-electron chi connectivity index (χ2n) is 6.69. The Labute approximate surface area is 146 Å². The van der Waals surface area contributed by atoms with E-state index in [-0.39, 0.29) is 30.2 Å². The number of ether oxygens (including phenoxy) is 3. The molecule has 1 aromatic rings. The zero-order chi connectivity index (χ0) is 17.4. The van der Waals surface area contributed by atoms with E-state index in [1.54, 1.807) is 4.90 Å². The number of fused-ring (bicyclic) bond motifs is 1. The van der Waals surface area contributed by atoms with Crippen LogP contribution in [0.25, 0.3) is 0 Å². The second kappa shape index (κ2) is 6.55. The molecule has 7 nitrogen and oxygen atoms in total. The SMILES string of the molecule is C[C@@H]1COCCN1C(=O)[C@@H]1CC(=O)N(c2ccc3c(c2)OCCO3)C1. The fraction of sp³-hybridized carbons (Fsp3) is 0.556. The minimum absolute atomic E-state index is 0.0315. The van der Waals surface area contributed by atoms with Crippen LogP contribution in [0, 0.1) is 5.92 Å². The van der Waals surface area contributed by atoms with Crippen LogP contribution in [0.1, 0.15) is 13.3 Å². The standard InChI is InChI=1S/C18H22N2O5/c1-12-11-23-5-4-19(12)18(22)13-8-17(21)20(10-13)14-2-3-15-16(9-14)25-7-6-24-15/h2-3,9,12-13H,4-8,10-11H2,1H3/t12-,13-/m1/s1. The molecule has 2 fully saturated rings. The number of nitrogens with zero attached hydrogens (tertiary/aromatic N) is 2. The number of carbonyl (C=O) groups excluding carboxylic acids is 2. The predicted octanol–water partition coefficient (Wildman–Crippen LogP) is 1.06. The van der Waals surface area contributed by atoms with Crippen LogP contribution >= 0.6 is 0 Å². The predicted molar refractivity (Wildman–Crippen MR) is 89.9 cm³/mol. The molecule has 0 aromatic heterocycles. The Balaban J connectivity index is 1.49. The van der Waals surface area contributed by atoms with Crippen molar-refractivity contribution in [3.05, 3.63) is 18.2 Å². The maximum Gasteiger partial charge on any atom is 0.228 e. The summed E-state index contributed by atoms with van der Waals surface area (Å²) in [5, 5.41) is 0. The summed E-state index contributed by atoms with van der Waals surface area (Å²) in [5.41, 5.74) is 0.750. The Bertz CT molecular complexity index is 692. The van der Waals surface area contributed by atoms with Gasteiger partial charge >= 0.3 is 0 Å². The van der Waals surface area contributed by atoms with Gasteiger partial charge in [-0.15, -0.1) is 0 Å². The maximum atomic E-state index is 12.8. The molecule has 3 aliphatic heterocycles. The van der Waals surface area contributed by atoms with Crippen molar-refractivity contribution in [3.63, 3.8) is 0 Å². The lowest BCUT2D eigenvalue weighted by atomic mass is 10.1. The maximum absolute atomic E-state index is 12.8. The Morgan fingerprint density at radius 1 is 1.16 bits per heavy atom. The van der Waals surface area contributed by atoms with E-state index in [2.05, 4.69) is 0 Å². The van der Waals surface area contributed by atoms with Crippen molar-refractivity contribution in [2.24, 2.45) is 5.92 Å². The van der Waals surface area contributed by atoms with Gasteiger partial charge in [0.1, 0.15) is 13.2 Å². The summed E-state index contributed by atoms with van der Waals surface area (Å²) < 4.78 is 16.5. The van der Waals surface area contributed by atoms with Crippen LogP contribution in [0.3, 0.4) is 0 Å². The van der Waals surface area contributed by atoms with Crippen molar-refractivity contribution in [3.8, 4) is 11.5 Å². The lowest BCUT2D eigenvalue weighted by Gasteiger charge is -2.35. The number of amides is 2. The fourth-order valence-electron chi connectivity index (χ4n) is 3.61. The van der Waals surface area contributed by atoms with Crippen molar-refractivity contribution >= 4 is 17.5 Å². The van der Waals surface area contributed by atoms with Gasteiger partial charge in [0.05, 0.1) is 25.2 Å². The number of morpholine rings is 1. The van der Waals surface area contributed by atoms with Crippen LogP contribution < -0.4 is 14.4 Å². The van der Waals surface area contributed by atoms with Crippen molar-refractivity contribution < 1.29 is 23.8 Å². The van der Waals surface area contributed by atoms with Gasteiger partial charge in [0.15, 0.2) is 11.5 Å². The van der Waals surface area contributed by atoms with Crippen molar-refractivity contribution in [1.82, 2.24) is 4.90 Å². The monoisotopic (exact) mass is 346 g/mol. The van der Waals surface area contributed by atoms with Gasteiger partial charge in [-0.05, 0) is 19.1 Å². The highest BCUT2D eigenvalue weighted by Crippen LogP contribution is 2.36. The van der Waals surface area contributed by atoms with Crippen molar-refractivity contribution in [1.29, 1.82) is 0 Å². The largest absolute Gasteiger partial charge is 0.486 e. The summed E-state index contributed by atoms with van der Waals surface area (Å²) >= 11 is 0. The van der Waals surface area contributed by atoms with Crippen molar-refractivity contribution in [2.75, 3.05) is 44.4 Å². The molecular weight excluding hydrogens is 324 g/mol. The average molecular weight is 346 g/mol. The molecule has 0 N–H and O–H groups in total. The first kappa shape index (κ1) is 16.2. The van der Waals surface area contributed by atoms with E-state index >= 15 is 0 Å². The lowest BCUT2D eigenvalue weighted by Crippen LogP contribution is -2.49. The van der Waals surface area contributed by atoms with Gasteiger partial charge < -0.3 is 24.0 Å². The first-order chi connectivity index (χ1) is 12.1. The third-order valence-corrected chi connectivity index (χ3v) is 4.96. The van der Waals surface area contributed by atoms with Gasteiger partial charge in [0, 0.05) is 31.3 Å². The molecule has 0 aliphatic carbocycles. The minimum atomic E-state index is -0.304. The van der Waals surface area contributed by atoms with Crippen LogP contribution in [0.15, 0.2) is 18.2 Å². The molecule has 0 bridgehead atoms. The first-order valence-corrected chi connectivity index (χ1v) is 8.72. The van der Waals surface area contributed by atoms with E-state index in [1.807, 2.05) is 30.0 Å². The first-order valence-electron chi connectivity index (χ1n) is 8.72. The van der Waals surface area contributed by atoms with Gasteiger partial charge in [0.25, 0.3) is 0 Å². The molecule has 2 atom stereocenters. The molecule has 3 heterocycles. The summed E-state index contributed by atoms with van der Waals surface area (Å²) in [7, 11) is 0. The Hall–Kier alpha value is -2.28. The van der Waals surface area contributed by atoms with E-state index in [0.717, 1.165) is 5.69 Å². The smallest absolute Gasteiger partial charge is 0.228 e. The van der Waals surface area contributed by atoms with E-state index in [1.165, 1.54) is 0 Å². The zero-order valence-electron chi connectivity index (χ0n) is 14.3. The normalized spacial score (nSPS) is 26.0. The van der Waals surface area contributed by atoms with Crippen molar-refractivity contribution in [2.45, 2.75) is 19.4 Å². The molecule has 2 saturated heterocycles. The molecule has 25 heavy (non-hydrogen) atoms. The number of carbonyl (C=O) groups is 2. The topological polar surface area (TPSA) is 68.3 Å². The summed E-state index contributed by atoms with van der Waals surface area (Å²) in [6.45, 7) is 5.12. The number of benzene rings is 1. The second-order valence-corrected chi connectivity index (χ2v) is 6.69. The summed E-state index contributed by atoms with van der Waals surface area (Å²) in [6, 6.07) is 5.53. The quantitative estimate of drug-likeness (QED) is 0.801.